The summed E-state index contributed by atoms with van der Waals surface area (Å²) in [5.74, 6) is 0.364. The van der Waals surface area contributed by atoms with Crippen molar-refractivity contribution in [2.45, 2.75) is 45.9 Å². The van der Waals surface area contributed by atoms with Crippen molar-refractivity contribution in [3.63, 3.8) is 0 Å². The van der Waals surface area contributed by atoms with Crippen molar-refractivity contribution in [2.75, 3.05) is 6.61 Å². The number of para-hydroxylation sites is 1. The van der Waals surface area contributed by atoms with Crippen molar-refractivity contribution >= 4 is 0 Å². The maximum Gasteiger partial charge on any atom is 0.120 e. The maximum atomic E-state index is 9.72. The molecule has 100 valence electrons. The number of rotatable bonds is 5. The Morgan fingerprint density at radius 2 is 2.11 bits per heavy atom. The van der Waals surface area contributed by atoms with Gasteiger partial charge in [0.15, 0.2) is 0 Å². The van der Waals surface area contributed by atoms with Crippen LogP contribution < -0.4 is 5.32 Å². The quantitative estimate of drug-likeness (QED) is 0.843. The van der Waals surface area contributed by atoms with Crippen LogP contribution in [0, 0.1) is 5.41 Å². The van der Waals surface area contributed by atoms with Crippen molar-refractivity contribution in [1.82, 2.24) is 5.32 Å². The Kier molecular flexibility index (Phi) is 3.93. The van der Waals surface area contributed by atoms with E-state index in [0.29, 0.717) is 24.4 Å². The Labute approximate surface area is 109 Å². The molecule has 1 saturated carbocycles. The van der Waals surface area contributed by atoms with Crippen LogP contribution in [0.5, 0.6) is 5.75 Å². The monoisotopic (exact) mass is 249 g/mol. The van der Waals surface area contributed by atoms with Gasteiger partial charge in [0.2, 0.25) is 0 Å². The average Bonchev–Trinajstić information content (AvgIpc) is 2.35. The molecule has 1 fully saturated rings. The molecule has 0 heterocycles. The molecular formula is C15H23NO2. The van der Waals surface area contributed by atoms with Gasteiger partial charge >= 0.3 is 0 Å². The lowest BCUT2D eigenvalue weighted by Gasteiger charge is -2.52. The van der Waals surface area contributed by atoms with Crippen LogP contribution in [0.1, 0.15) is 32.8 Å². The van der Waals surface area contributed by atoms with Gasteiger partial charge in [-0.25, -0.2) is 0 Å². The Morgan fingerprint density at radius 3 is 2.72 bits per heavy atom. The zero-order valence-corrected chi connectivity index (χ0v) is 11.4. The molecule has 0 radical (unpaired) electrons. The van der Waals surface area contributed by atoms with E-state index in [9.17, 15) is 5.11 Å². The number of ether oxygens (including phenoxy) is 1. The minimum atomic E-state index is 0.167. The Bertz CT molecular complexity index is 403. The van der Waals surface area contributed by atoms with Crippen LogP contribution in [-0.4, -0.2) is 23.9 Å². The van der Waals surface area contributed by atoms with E-state index in [2.05, 4.69) is 19.2 Å². The molecule has 0 aromatic heterocycles. The van der Waals surface area contributed by atoms with Crippen molar-refractivity contribution in [3.05, 3.63) is 29.8 Å². The molecule has 2 rings (SSSR count). The van der Waals surface area contributed by atoms with Crippen LogP contribution in [-0.2, 0) is 11.3 Å². The van der Waals surface area contributed by atoms with Gasteiger partial charge in [-0.3, -0.25) is 0 Å². The minimum absolute atomic E-state index is 0.167. The first kappa shape index (κ1) is 13.4. The average molecular weight is 249 g/mol. The molecule has 0 amide bonds. The third kappa shape index (κ3) is 2.52. The van der Waals surface area contributed by atoms with Gasteiger partial charge in [-0.05, 0) is 19.4 Å². The fraction of sp³-hybridized carbons (Fsp3) is 0.600. The Hall–Kier alpha value is -1.06. The summed E-state index contributed by atoms with van der Waals surface area (Å²) in [5, 5.41) is 13.2. The van der Waals surface area contributed by atoms with Crippen LogP contribution in [0.4, 0.5) is 0 Å². The van der Waals surface area contributed by atoms with Gasteiger partial charge in [0.25, 0.3) is 0 Å². The van der Waals surface area contributed by atoms with E-state index in [-0.39, 0.29) is 5.41 Å². The number of nitrogens with one attached hydrogen (secondary N) is 1. The third-order valence-corrected chi connectivity index (χ3v) is 4.08. The SMILES string of the molecule is CCOC1CC(NCc2ccccc2O)C1(C)C. The van der Waals surface area contributed by atoms with Gasteiger partial charge in [-0.2, -0.15) is 0 Å². The predicted octanol–water partition coefficient (Wildman–Crippen LogP) is 2.69. The second-order valence-corrected chi connectivity index (χ2v) is 5.56. The van der Waals surface area contributed by atoms with Crippen LogP contribution in [0.25, 0.3) is 0 Å². The molecule has 3 nitrogen and oxygen atoms in total. The first-order chi connectivity index (χ1) is 8.55. The Morgan fingerprint density at radius 1 is 1.39 bits per heavy atom. The number of hydrogen-bond acceptors (Lipinski definition) is 3. The molecule has 18 heavy (non-hydrogen) atoms. The third-order valence-electron chi connectivity index (χ3n) is 4.08. The van der Waals surface area contributed by atoms with E-state index in [1.165, 1.54) is 0 Å². The zero-order chi connectivity index (χ0) is 13.2. The lowest BCUT2D eigenvalue weighted by molar-refractivity contribution is -0.114. The lowest BCUT2D eigenvalue weighted by atomic mass is 9.64. The van der Waals surface area contributed by atoms with Gasteiger partial charge in [-0.15, -0.1) is 0 Å². The highest BCUT2D eigenvalue weighted by Gasteiger charge is 2.48. The molecular weight excluding hydrogens is 226 g/mol. The molecule has 1 aromatic carbocycles. The molecule has 1 aromatic rings. The van der Waals surface area contributed by atoms with Gasteiger partial charge in [0.05, 0.1) is 6.10 Å². The first-order valence-electron chi connectivity index (χ1n) is 6.67. The smallest absolute Gasteiger partial charge is 0.120 e. The topological polar surface area (TPSA) is 41.5 Å². The summed E-state index contributed by atoms with van der Waals surface area (Å²) in [5.41, 5.74) is 1.12. The number of phenolic OH excluding ortho intramolecular Hbond substituents is 1. The number of benzene rings is 1. The summed E-state index contributed by atoms with van der Waals surface area (Å²) >= 11 is 0. The summed E-state index contributed by atoms with van der Waals surface area (Å²) in [7, 11) is 0. The predicted molar refractivity (Wildman–Crippen MR) is 72.5 cm³/mol. The second-order valence-electron chi connectivity index (χ2n) is 5.56. The molecule has 0 spiro atoms. The van der Waals surface area contributed by atoms with E-state index in [1.54, 1.807) is 6.07 Å². The molecule has 1 aliphatic carbocycles. The fourth-order valence-corrected chi connectivity index (χ4v) is 2.61. The normalized spacial score (nSPS) is 25.7. The number of aromatic hydroxyl groups is 1. The molecule has 3 heteroatoms. The summed E-state index contributed by atoms with van der Waals surface area (Å²) in [6.07, 6.45) is 1.40. The van der Waals surface area contributed by atoms with Crippen molar-refractivity contribution in [2.24, 2.45) is 5.41 Å². The van der Waals surface area contributed by atoms with E-state index >= 15 is 0 Å². The maximum absolute atomic E-state index is 9.72. The summed E-state index contributed by atoms with van der Waals surface area (Å²) in [6, 6.07) is 7.93. The van der Waals surface area contributed by atoms with Crippen molar-refractivity contribution in [3.8, 4) is 5.75 Å². The van der Waals surface area contributed by atoms with E-state index < -0.39 is 0 Å². The summed E-state index contributed by atoms with van der Waals surface area (Å²) in [6.45, 7) is 8.00. The molecule has 0 bridgehead atoms. The molecule has 0 saturated heterocycles. The van der Waals surface area contributed by atoms with Crippen LogP contribution in [0.2, 0.25) is 0 Å². The highest BCUT2D eigenvalue weighted by Crippen LogP contribution is 2.42. The highest BCUT2D eigenvalue weighted by atomic mass is 16.5. The number of hydrogen-bond donors (Lipinski definition) is 2. The molecule has 2 N–H and O–H groups in total. The standard InChI is InChI=1S/C15H23NO2/c1-4-18-14-9-13(15(14,2)3)16-10-11-7-5-6-8-12(11)17/h5-8,13-14,16-17H,4,9-10H2,1-3H3. The molecule has 2 unspecified atom stereocenters. The van der Waals surface area contributed by atoms with Crippen LogP contribution in [0.3, 0.4) is 0 Å². The second kappa shape index (κ2) is 5.29. The number of phenols is 1. The first-order valence-corrected chi connectivity index (χ1v) is 6.67. The lowest BCUT2D eigenvalue weighted by Crippen LogP contribution is -2.60. The minimum Gasteiger partial charge on any atom is -0.508 e. The Balaban J connectivity index is 1.88. The summed E-state index contributed by atoms with van der Waals surface area (Å²) < 4.78 is 5.71. The van der Waals surface area contributed by atoms with Gasteiger partial charge < -0.3 is 15.2 Å². The summed E-state index contributed by atoms with van der Waals surface area (Å²) in [4.78, 5) is 0. The van der Waals surface area contributed by atoms with Crippen LogP contribution >= 0.6 is 0 Å². The zero-order valence-electron chi connectivity index (χ0n) is 11.4. The van der Waals surface area contributed by atoms with Gasteiger partial charge in [0.1, 0.15) is 5.75 Å². The van der Waals surface area contributed by atoms with Crippen LogP contribution in [0.15, 0.2) is 24.3 Å². The molecule has 1 aliphatic rings. The molecule has 0 aliphatic heterocycles. The van der Waals surface area contributed by atoms with E-state index in [1.807, 2.05) is 25.1 Å². The van der Waals surface area contributed by atoms with Gasteiger partial charge in [0, 0.05) is 30.2 Å². The van der Waals surface area contributed by atoms with E-state index in [0.717, 1.165) is 18.6 Å². The largest absolute Gasteiger partial charge is 0.508 e. The molecule has 2 atom stereocenters. The van der Waals surface area contributed by atoms with Gasteiger partial charge in [-0.1, -0.05) is 32.0 Å². The fourth-order valence-electron chi connectivity index (χ4n) is 2.61. The van der Waals surface area contributed by atoms with E-state index in [4.69, 9.17) is 4.74 Å². The van der Waals surface area contributed by atoms with Crippen molar-refractivity contribution < 1.29 is 9.84 Å². The van der Waals surface area contributed by atoms with Crippen molar-refractivity contribution in [1.29, 1.82) is 0 Å². The highest BCUT2D eigenvalue weighted by molar-refractivity contribution is 5.31.